The van der Waals surface area contributed by atoms with Gasteiger partial charge in [0.15, 0.2) is 9.84 Å². The van der Waals surface area contributed by atoms with E-state index in [4.69, 9.17) is 0 Å². The zero-order chi connectivity index (χ0) is 13.8. The van der Waals surface area contributed by atoms with E-state index in [0.29, 0.717) is 13.1 Å². The third kappa shape index (κ3) is 4.07. The van der Waals surface area contributed by atoms with Crippen molar-refractivity contribution < 1.29 is 8.42 Å². The van der Waals surface area contributed by atoms with Gasteiger partial charge in [-0.15, -0.1) is 0 Å². The zero-order valence-electron chi connectivity index (χ0n) is 11.0. The molecular weight excluding hydrogens is 318 g/mol. The molecule has 0 saturated heterocycles. The second-order valence-electron chi connectivity index (χ2n) is 4.07. The Hall–Kier alpha value is -0.400. The molecule has 1 rings (SSSR count). The molecule has 0 aliphatic carbocycles. The maximum Gasteiger partial charge on any atom is 0.151 e. The summed E-state index contributed by atoms with van der Waals surface area (Å²) < 4.78 is 25.6. The Morgan fingerprint density at radius 2 is 2.06 bits per heavy atom. The normalized spacial score (nSPS) is 12.0. The molecule has 0 bridgehead atoms. The van der Waals surface area contributed by atoms with E-state index >= 15 is 0 Å². The van der Waals surface area contributed by atoms with E-state index in [-0.39, 0.29) is 11.5 Å². The third-order valence-electron chi connectivity index (χ3n) is 2.77. The molecule has 0 aliphatic heterocycles. The summed E-state index contributed by atoms with van der Waals surface area (Å²) in [6.45, 7) is 7.54. The van der Waals surface area contributed by atoms with Crippen molar-refractivity contribution in [2.24, 2.45) is 0 Å². The monoisotopic (exact) mass is 337 g/mol. The molecule has 0 aliphatic rings. The predicted molar refractivity (Wildman–Crippen MR) is 76.4 cm³/mol. The Bertz CT molecular complexity index is 497. The lowest BCUT2D eigenvalue weighted by molar-refractivity contribution is 0.576. The van der Waals surface area contributed by atoms with Crippen LogP contribution >= 0.6 is 15.9 Å². The van der Waals surface area contributed by atoms with E-state index in [2.05, 4.69) is 26.3 Å². The molecule has 0 amide bonds. The van der Waals surface area contributed by atoms with E-state index in [1.54, 1.807) is 6.92 Å². The van der Waals surface area contributed by atoms with Gasteiger partial charge in [0.1, 0.15) is 0 Å². The number of aryl methyl sites for hydroxylation is 2. The molecule has 7 heteroatoms. The van der Waals surface area contributed by atoms with Crippen LogP contribution in [-0.4, -0.2) is 36.2 Å². The number of rotatable bonds is 7. The van der Waals surface area contributed by atoms with E-state index in [1.165, 1.54) is 0 Å². The van der Waals surface area contributed by atoms with E-state index < -0.39 is 9.84 Å². The van der Waals surface area contributed by atoms with Crippen molar-refractivity contribution in [3.05, 3.63) is 15.9 Å². The highest BCUT2D eigenvalue weighted by molar-refractivity contribution is 9.10. The Morgan fingerprint density at radius 3 is 2.61 bits per heavy atom. The van der Waals surface area contributed by atoms with Crippen molar-refractivity contribution >= 4 is 25.8 Å². The minimum Gasteiger partial charge on any atom is -0.310 e. The molecule has 0 atom stereocenters. The number of hydrogen-bond acceptors (Lipinski definition) is 4. The smallest absolute Gasteiger partial charge is 0.151 e. The summed E-state index contributed by atoms with van der Waals surface area (Å²) in [4.78, 5) is 0. The summed E-state index contributed by atoms with van der Waals surface area (Å²) in [6, 6.07) is 0. The second kappa shape index (κ2) is 6.68. The maximum atomic E-state index is 11.3. The molecule has 18 heavy (non-hydrogen) atoms. The Morgan fingerprint density at radius 1 is 1.39 bits per heavy atom. The molecule has 0 unspecified atom stereocenters. The Kier molecular flexibility index (Phi) is 5.81. The molecular formula is C11H20BrN3O2S. The van der Waals surface area contributed by atoms with Crippen LogP contribution in [0.1, 0.15) is 25.2 Å². The van der Waals surface area contributed by atoms with Gasteiger partial charge >= 0.3 is 0 Å². The summed E-state index contributed by atoms with van der Waals surface area (Å²) in [5.74, 6) is 0.380. The van der Waals surface area contributed by atoms with Crippen molar-refractivity contribution in [1.82, 2.24) is 15.1 Å². The average Bonchev–Trinajstić information content (AvgIpc) is 2.61. The molecule has 5 nitrogen and oxygen atoms in total. The quantitative estimate of drug-likeness (QED) is 0.766. The summed E-state index contributed by atoms with van der Waals surface area (Å²) in [7, 11) is -2.89. The van der Waals surface area contributed by atoms with Crippen LogP contribution in [0.3, 0.4) is 0 Å². The Labute approximate surface area is 117 Å². The van der Waals surface area contributed by atoms with Crippen molar-refractivity contribution in [3.8, 4) is 0 Å². The average molecular weight is 338 g/mol. The number of sulfone groups is 1. The van der Waals surface area contributed by atoms with Crippen molar-refractivity contribution in [1.29, 1.82) is 0 Å². The maximum absolute atomic E-state index is 11.3. The molecule has 0 aromatic carbocycles. The lowest BCUT2D eigenvalue weighted by Crippen LogP contribution is -2.24. The molecule has 1 aromatic heterocycles. The fraction of sp³-hybridized carbons (Fsp3) is 0.727. The summed E-state index contributed by atoms with van der Waals surface area (Å²) >= 11 is 3.51. The largest absolute Gasteiger partial charge is 0.310 e. The molecule has 1 heterocycles. The van der Waals surface area contributed by atoms with Gasteiger partial charge < -0.3 is 5.32 Å². The fourth-order valence-corrected chi connectivity index (χ4v) is 2.78. The van der Waals surface area contributed by atoms with Gasteiger partial charge in [-0.3, -0.25) is 4.68 Å². The first-order valence-electron chi connectivity index (χ1n) is 6.04. The van der Waals surface area contributed by atoms with Gasteiger partial charge in [0.05, 0.1) is 21.6 Å². The highest BCUT2D eigenvalue weighted by atomic mass is 79.9. The highest BCUT2D eigenvalue weighted by Crippen LogP contribution is 2.20. The minimum atomic E-state index is -2.89. The van der Waals surface area contributed by atoms with Crippen molar-refractivity contribution in [2.75, 3.05) is 18.1 Å². The number of nitrogens with zero attached hydrogens (tertiary/aromatic N) is 2. The number of hydrogen-bond donors (Lipinski definition) is 1. The van der Waals surface area contributed by atoms with Crippen LogP contribution in [-0.2, 0) is 22.9 Å². The van der Waals surface area contributed by atoms with E-state index in [0.717, 1.165) is 22.4 Å². The first-order valence-corrected chi connectivity index (χ1v) is 8.65. The fourth-order valence-electron chi connectivity index (χ4n) is 1.62. The van der Waals surface area contributed by atoms with Crippen LogP contribution in [0.2, 0.25) is 0 Å². The van der Waals surface area contributed by atoms with Gasteiger partial charge in [-0.1, -0.05) is 6.92 Å². The number of nitrogens with one attached hydrogen (secondary N) is 1. The first-order chi connectivity index (χ1) is 8.41. The molecule has 0 radical (unpaired) electrons. The third-order valence-corrected chi connectivity index (χ3v) is 5.51. The number of halogens is 1. The first kappa shape index (κ1) is 15.7. The molecule has 1 N–H and O–H groups in total. The summed E-state index contributed by atoms with van der Waals surface area (Å²) in [5.41, 5.74) is 2.01. The van der Waals surface area contributed by atoms with Gasteiger partial charge in [0.2, 0.25) is 0 Å². The van der Waals surface area contributed by atoms with Crippen molar-refractivity contribution in [2.45, 2.75) is 33.9 Å². The van der Waals surface area contributed by atoms with Crippen LogP contribution in [0, 0.1) is 6.92 Å². The minimum absolute atomic E-state index is 0.181. The van der Waals surface area contributed by atoms with Crippen molar-refractivity contribution in [3.63, 3.8) is 0 Å². The molecule has 0 spiro atoms. The van der Waals surface area contributed by atoms with Gasteiger partial charge in [-0.25, -0.2) is 8.42 Å². The summed E-state index contributed by atoms with van der Waals surface area (Å²) in [6.07, 6.45) is 0. The van der Waals surface area contributed by atoms with Gasteiger partial charge in [-0.2, -0.15) is 5.10 Å². The van der Waals surface area contributed by atoms with Crippen LogP contribution in [0.25, 0.3) is 0 Å². The molecule has 104 valence electrons. The van der Waals surface area contributed by atoms with Gasteiger partial charge in [0, 0.05) is 25.4 Å². The molecule has 0 saturated carbocycles. The standard InChI is InChI=1S/C11H20BrN3O2S/c1-4-15-10(11(12)9(3)14-15)8-13-6-7-18(16,17)5-2/h13H,4-8H2,1-3H3. The highest BCUT2D eigenvalue weighted by Gasteiger charge is 2.12. The zero-order valence-corrected chi connectivity index (χ0v) is 13.4. The van der Waals surface area contributed by atoms with Gasteiger partial charge in [0.25, 0.3) is 0 Å². The molecule has 1 aromatic rings. The van der Waals surface area contributed by atoms with Crippen LogP contribution in [0.4, 0.5) is 0 Å². The SMILES string of the molecule is CCn1nc(C)c(Br)c1CNCCS(=O)(=O)CC. The lowest BCUT2D eigenvalue weighted by Gasteiger charge is -2.07. The van der Waals surface area contributed by atoms with Crippen LogP contribution in [0.15, 0.2) is 4.47 Å². The van der Waals surface area contributed by atoms with Crippen LogP contribution in [0.5, 0.6) is 0 Å². The van der Waals surface area contributed by atoms with E-state index in [9.17, 15) is 8.42 Å². The second-order valence-corrected chi connectivity index (χ2v) is 7.34. The predicted octanol–water partition coefficient (Wildman–Crippen LogP) is 1.50. The van der Waals surface area contributed by atoms with E-state index in [1.807, 2.05) is 18.5 Å². The summed E-state index contributed by atoms with van der Waals surface area (Å²) in [5, 5.41) is 7.53. The Balaban J connectivity index is 2.54. The van der Waals surface area contributed by atoms with Crippen LogP contribution < -0.4 is 5.32 Å². The topological polar surface area (TPSA) is 64.0 Å². The number of aromatic nitrogens is 2. The molecule has 0 fully saturated rings. The van der Waals surface area contributed by atoms with Gasteiger partial charge in [-0.05, 0) is 29.8 Å². The lowest BCUT2D eigenvalue weighted by atomic mass is 10.3.